The van der Waals surface area contributed by atoms with Crippen LogP contribution in [0, 0.1) is 6.92 Å². The minimum absolute atomic E-state index is 0.00399. The summed E-state index contributed by atoms with van der Waals surface area (Å²) in [6, 6.07) is 17.8. The van der Waals surface area contributed by atoms with Gasteiger partial charge in [-0.25, -0.2) is 13.2 Å². The van der Waals surface area contributed by atoms with E-state index in [1.165, 1.54) is 30.3 Å². The number of anilines is 1. The minimum Gasteiger partial charge on any atom is -0.414 e. The highest BCUT2D eigenvalue weighted by atomic mass is 32.2. The molecule has 164 valence electrons. The number of carbonyl (C=O) groups excluding carboxylic acids is 1. The third-order valence-corrected chi connectivity index (χ3v) is 7.71. The highest BCUT2D eigenvalue weighted by Crippen LogP contribution is 2.31. The number of hydrogen-bond acceptors (Lipinski definition) is 6. The van der Waals surface area contributed by atoms with Crippen molar-refractivity contribution in [1.29, 1.82) is 0 Å². The molecule has 32 heavy (non-hydrogen) atoms. The van der Waals surface area contributed by atoms with Gasteiger partial charge in [0.2, 0.25) is 0 Å². The maximum atomic E-state index is 13.7. The monoisotopic (exact) mass is 467 g/mol. The second-order valence-electron chi connectivity index (χ2n) is 7.70. The summed E-state index contributed by atoms with van der Waals surface area (Å²) in [5.41, 5.74) is 2.39. The zero-order chi connectivity index (χ0) is 23.0. The van der Waals surface area contributed by atoms with E-state index in [-0.39, 0.29) is 22.1 Å². The molecule has 1 amide bonds. The van der Waals surface area contributed by atoms with Crippen molar-refractivity contribution in [2.45, 2.75) is 31.6 Å². The van der Waals surface area contributed by atoms with Crippen LogP contribution in [0.3, 0.4) is 0 Å². The first-order chi connectivity index (χ1) is 15.2. The Kier molecular flexibility index (Phi) is 5.75. The molecule has 0 unspecified atom stereocenters. The maximum Gasteiger partial charge on any atom is 0.396 e. The summed E-state index contributed by atoms with van der Waals surface area (Å²) in [5, 5.41) is 0. The van der Waals surface area contributed by atoms with Gasteiger partial charge in [0.1, 0.15) is 5.58 Å². The smallest absolute Gasteiger partial charge is 0.396 e. The number of fused-ring (bicyclic) bond motifs is 1. The fourth-order valence-corrected chi connectivity index (χ4v) is 5.50. The average Bonchev–Trinajstić information content (AvgIpc) is 3.13. The van der Waals surface area contributed by atoms with E-state index in [0.717, 1.165) is 21.2 Å². The lowest BCUT2D eigenvalue weighted by Crippen LogP contribution is -2.37. The topological polar surface area (TPSA) is 84.7 Å². The molecule has 8 heteroatoms. The van der Waals surface area contributed by atoms with Gasteiger partial charge < -0.3 is 4.42 Å². The van der Waals surface area contributed by atoms with E-state index in [1.54, 1.807) is 43.3 Å². The molecule has 3 aromatic carbocycles. The van der Waals surface area contributed by atoms with Crippen LogP contribution in [0.1, 0.15) is 41.3 Å². The van der Waals surface area contributed by atoms with E-state index in [9.17, 15) is 18.0 Å². The molecular formula is C24H21NO5S2. The number of sulfonamides is 1. The van der Waals surface area contributed by atoms with E-state index < -0.39 is 20.9 Å². The van der Waals surface area contributed by atoms with E-state index >= 15 is 0 Å². The van der Waals surface area contributed by atoms with Crippen LogP contribution < -0.4 is 9.24 Å². The normalized spacial score (nSPS) is 11.8. The van der Waals surface area contributed by atoms with E-state index in [2.05, 4.69) is 0 Å². The lowest BCUT2D eigenvalue weighted by molar-refractivity contribution is 0.100. The fraction of sp³-hybridized carbons (Fsp3) is 0.167. The van der Waals surface area contributed by atoms with Gasteiger partial charge in [0.25, 0.3) is 15.9 Å². The van der Waals surface area contributed by atoms with Gasteiger partial charge in [-0.1, -0.05) is 55.5 Å². The zero-order valence-corrected chi connectivity index (χ0v) is 19.4. The third-order valence-electron chi connectivity index (χ3n) is 5.19. The molecular weight excluding hydrogens is 446 g/mol. The number of hydrogen-bond donors (Lipinski definition) is 0. The Morgan fingerprint density at radius 3 is 2.34 bits per heavy atom. The van der Waals surface area contributed by atoms with Crippen LogP contribution >= 0.6 is 11.3 Å². The molecule has 0 saturated heterocycles. The van der Waals surface area contributed by atoms with Gasteiger partial charge in [0.05, 0.1) is 15.3 Å². The van der Waals surface area contributed by atoms with Crippen LogP contribution in [0.5, 0.6) is 0 Å². The van der Waals surface area contributed by atoms with Crippen molar-refractivity contribution in [2.75, 3.05) is 4.31 Å². The SMILES string of the molecule is Cc1ccccc1C(=O)N(c1ccc2oc(=O)sc2c1)S(=O)(=O)c1ccc(C(C)C)cc1. The Bertz CT molecular complexity index is 1460. The van der Waals surface area contributed by atoms with Crippen molar-refractivity contribution in [2.24, 2.45) is 0 Å². The number of benzene rings is 3. The molecule has 1 aromatic heterocycles. The summed E-state index contributed by atoms with van der Waals surface area (Å²) >= 11 is 0.851. The second kappa shape index (κ2) is 8.37. The molecule has 4 rings (SSSR count). The van der Waals surface area contributed by atoms with Crippen LogP contribution in [0.15, 0.2) is 80.8 Å². The van der Waals surface area contributed by atoms with Crippen LogP contribution in [0.4, 0.5) is 5.69 Å². The van der Waals surface area contributed by atoms with E-state index in [4.69, 9.17) is 4.42 Å². The highest BCUT2D eigenvalue weighted by molar-refractivity contribution is 7.93. The van der Waals surface area contributed by atoms with Gasteiger partial charge in [0.15, 0.2) is 0 Å². The first-order valence-corrected chi connectivity index (χ1v) is 12.2. The molecule has 0 bridgehead atoms. The van der Waals surface area contributed by atoms with Gasteiger partial charge in [0, 0.05) is 5.56 Å². The molecule has 0 aliphatic heterocycles. The lowest BCUT2D eigenvalue weighted by Gasteiger charge is -2.23. The lowest BCUT2D eigenvalue weighted by atomic mass is 10.0. The van der Waals surface area contributed by atoms with Crippen molar-refractivity contribution in [3.63, 3.8) is 0 Å². The molecule has 0 saturated carbocycles. The number of aryl methyl sites for hydroxylation is 1. The summed E-state index contributed by atoms with van der Waals surface area (Å²) in [7, 11) is -4.24. The number of carbonyl (C=O) groups is 1. The summed E-state index contributed by atoms with van der Waals surface area (Å²) in [4.78, 5) is 24.7. The molecule has 0 N–H and O–H groups in total. The molecule has 0 spiro atoms. The molecule has 0 aliphatic carbocycles. The molecule has 4 aromatic rings. The standard InChI is InChI=1S/C24H21NO5S2/c1-15(2)17-8-11-19(12-9-17)32(28,29)25(23(26)20-7-5-4-6-16(20)3)18-10-13-21-22(14-18)31-24(27)30-21/h4-15H,1-3H3. The van der Waals surface area contributed by atoms with Gasteiger partial charge in [-0.05, 0) is 60.4 Å². The first-order valence-electron chi connectivity index (χ1n) is 9.97. The van der Waals surface area contributed by atoms with Crippen LogP contribution in [0.25, 0.3) is 10.3 Å². The first kappa shape index (κ1) is 22.0. The summed E-state index contributed by atoms with van der Waals surface area (Å²) in [6.45, 7) is 5.78. The Morgan fingerprint density at radius 2 is 1.69 bits per heavy atom. The number of nitrogens with zero attached hydrogens (tertiary/aromatic N) is 1. The number of rotatable bonds is 5. The van der Waals surface area contributed by atoms with Gasteiger partial charge in [-0.3, -0.25) is 4.79 Å². The van der Waals surface area contributed by atoms with Crippen LogP contribution in [-0.4, -0.2) is 14.3 Å². The molecule has 0 atom stereocenters. The Hall–Kier alpha value is -3.23. The summed E-state index contributed by atoms with van der Waals surface area (Å²) < 4.78 is 33.7. The molecule has 0 aliphatic rings. The van der Waals surface area contributed by atoms with Crippen molar-refractivity contribution < 1.29 is 17.6 Å². The Labute approximate surface area is 189 Å². The van der Waals surface area contributed by atoms with Gasteiger partial charge >= 0.3 is 4.94 Å². The quantitative estimate of drug-likeness (QED) is 0.396. The Balaban J connectivity index is 1.90. The summed E-state index contributed by atoms with van der Waals surface area (Å²) in [5.74, 6) is -0.436. The fourth-order valence-electron chi connectivity index (χ4n) is 3.41. The maximum absolute atomic E-state index is 13.7. The van der Waals surface area contributed by atoms with Gasteiger partial charge in [-0.15, -0.1) is 0 Å². The van der Waals surface area contributed by atoms with Crippen molar-refractivity contribution in [3.8, 4) is 0 Å². The largest absolute Gasteiger partial charge is 0.414 e. The highest BCUT2D eigenvalue weighted by Gasteiger charge is 2.33. The second-order valence-corrected chi connectivity index (χ2v) is 10.5. The van der Waals surface area contributed by atoms with E-state index in [0.29, 0.717) is 15.8 Å². The zero-order valence-electron chi connectivity index (χ0n) is 17.7. The van der Waals surface area contributed by atoms with E-state index in [1.807, 2.05) is 13.8 Å². The van der Waals surface area contributed by atoms with Crippen molar-refractivity contribution in [3.05, 3.63) is 93.2 Å². The predicted octanol–water partition coefficient (Wildman–Crippen LogP) is 5.32. The predicted molar refractivity (Wildman–Crippen MR) is 126 cm³/mol. The summed E-state index contributed by atoms with van der Waals surface area (Å²) in [6.07, 6.45) is 0. The average molecular weight is 468 g/mol. The van der Waals surface area contributed by atoms with Crippen LogP contribution in [0.2, 0.25) is 0 Å². The van der Waals surface area contributed by atoms with Crippen molar-refractivity contribution >= 4 is 43.2 Å². The molecule has 6 nitrogen and oxygen atoms in total. The third kappa shape index (κ3) is 3.99. The number of amides is 1. The molecule has 0 fully saturated rings. The van der Waals surface area contributed by atoms with Crippen molar-refractivity contribution in [1.82, 2.24) is 0 Å². The van der Waals surface area contributed by atoms with Gasteiger partial charge in [-0.2, -0.15) is 4.31 Å². The minimum atomic E-state index is -4.24. The molecule has 1 heterocycles. The molecule has 0 radical (unpaired) electrons. The Morgan fingerprint density at radius 1 is 1.00 bits per heavy atom. The van der Waals surface area contributed by atoms with Crippen LogP contribution in [-0.2, 0) is 10.0 Å².